The zero-order valence-corrected chi connectivity index (χ0v) is 22.1. The molecule has 34 heavy (non-hydrogen) atoms. The minimum absolute atomic E-state index is 0.137. The van der Waals surface area contributed by atoms with Gasteiger partial charge in [0, 0.05) is 10.6 Å². The monoisotopic (exact) mass is 493 g/mol. The highest BCUT2D eigenvalue weighted by molar-refractivity contribution is 7.99. The van der Waals surface area contributed by atoms with Crippen molar-refractivity contribution in [2.45, 2.75) is 65.5 Å². The Balaban J connectivity index is 1.46. The molecule has 1 aliphatic carbocycles. The fourth-order valence-electron chi connectivity index (χ4n) is 4.47. The molecule has 0 fully saturated rings. The van der Waals surface area contributed by atoms with E-state index >= 15 is 0 Å². The number of thioether (sulfide) groups is 1. The van der Waals surface area contributed by atoms with Gasteiger partial charge in [-0.2, -0.15) is 5.26 Å². The molecule has 0 saturated heterocycles. The summed E-state index contributed by atoms with van der Waals surface area (Å²) in [5.41, 5.74) is 4.20. The van der Waals surface area contributed by atoms with Crippen molar-refractivity contribution in [3.63, 3.8) is 0 Å². The number of nitriles is 1. The van der Waals surface area contributed by atoms with Crippen LogP contribution in [0.5, 0.6) is 0 Å². The maximum Gasteiger partial charge on any atom is 0.235 e. The van der Waals surface area contributed by atoms with Crippen molar-refractivity contribution in [2.24, 2.45) is 11.3 Å². The lowest BCUT2D eigenvalue weighted by atomic mass is 9.69. The third kappa shape index (κ3) is 4.91. The Morgan fingerprint density at radius 2 is 2.03 bits per heavy atom. The molecule has 0 bridgehead atoms. The number of benzene rings is 1. The van der Waals surface area contributed by atoms with Gasteiger partial charge in [0.2, 0.25) is 5.91 Å². The average Bonchev–Trinajstić information content (AvgIpc) is 3.36. The molecule has 4 rings (SSSR count). The Morgan fingerprint density at radius 3 is 2.71 bits per heavy atom. The molecule has 1 aliphatic rings. The summed E-state index contributed by atoms with van der Waals surface area (Å²) in [4.78, 5) is 14.1. The number of rotatable bonds is 7. The van der Waals surface area contributed by atoms with Gasteiger partial charge >= 0.3 is 0 Å². The van der Waals surface area contributed by atoms with Crippen molar-refractivity contribution in [3.8, 4) is 11.8 Å². The highest BCUT2D eigenvalue weighted by Crippen LogP contribution is 2.45. The van der Waals surface area contributed by atoms with Crippen molar-refractivity contribution < 1.29 is 4.79 Å². The quantitative estimate of drug-likeness (QED) is 0.403. The number of thiophene rings is 1. The molecule has 6 nitrogen and oxygen atoms in total. The van der Waals surface area contributed by atoms with Gasteiger partial charge in [-0.3, -0.25) is 9.36 Å². The van der Waals surface area contributed by atoms with Gasteiger partial charge in [0.05, 0.1) is 11.3 Å². The normalized spacial score (nSPS) is 15.6. The summed E-state index contributed by atoms with van der Waals surface area (Å²) in [6.07, 6.45) is 4.12. The van der Waals surface area contributed by atoms with Crippen LogP contribution in [0.4, 0.5) is 5.00 Å². The first-order valence-corrected chi connectivity index (χ1v) is 13.5. The van der Waals surface area contributed by atoms with Gasteiger partial charge in [-0.15, -0.1) is 21.5 Å². The highest BCUT2D eigenvalue weighted by Gasteiger charge is 2.34. The van der Waals surface area contributed by atoms with Crippen LogP contribution in [-0.2, 0) is 17.6 Å². The summed E-state index contributed by atoms with van der Waals surface area (Å²) < 4.78 is 1.96. The standard InChI is InChI=1S/C26H31N5OS2/c1-6-26(4,5)18-9-12-20-21(14-27)24(34-22(20)13-18)28-23(32)15-33-25-30-29-17(3)31(25)19-10-7-16(2)8-11-19/h7-8,10-11,18H,6,9,12-13,15H2,1-5H3,(H,28,32). The summed E-state index contributed by atoms with van der Waals surface area (Å²) in [7, 11) is 0. The minimum Gasteiger partial charge on any atom is -0.316 e. The average molecular weight is 494 g/mol. The van der Waals surface area contributed by atoms with Crippen LogP contribution in [0, 0.1) is 36.5 Å². The zero-order valence-electron chi connectivity index (χ0n) is 20.4. The number of carbonyl (C=O) groups excluding carboxylic acids is 1. The van der Waals surface area contributed by atoms with E-state index < -0.39 is 0 Å². The summed E-state index contributed by atoms with van der Waals surface area (Å²) in [6.45, 7) is 10.9. The number of hydrogen-bond acceptors (Lipinski definition) is 6. The molecule has 1 unspecified atom stereocenters. The summed E-state index contributed by atoms with van der Waals surface area (Å²) in [5.74, 6) is 1.43. The lowest BCUT2D eigenvalue weighted by molar-refractivity contribution is -0.113. The second-order valence-corrected chi connectivity index (χ2v) is 11.7. The summed E-state index contributed by atoms with van der Waals surface area (Å²) in [6, 6.07) is 10.5. The van der Waals surface area contributed by atoms with Gasteiger partial charge in [0.25, 0.3) is 0 Å². The van der Waals surface area contributed by atoms with E-state index in [4.69, 9.17) is 0 Å². The number of aromatic nitrogens is 3. The maximum atomic E-state index is 12.8. The predicted octanol–water partition coefficient (Wildman–Crippen LogP) is 6.09. The van der Waals surface area contributed by atoms with Gasteiger partial charge in [0.15, 0.2) is 5.16 Å². The van der Waals surface area contributed by atoms with E-state index in [1.165, 1.54) is 22.2 Å². The van der Waals surface area contributed by atoms with E-state index in [1.54, 1.807) is 11.3 Å². The van der Waals surface area contributed by atoms with Crippen molar-refractivity contribution in [1.29, 1.82) is 5.26 Å². The SMILES string of the molecule is CCC(C)(C)C1CCc2c(sc(NC(=O)CSc3nnc(C)n3-c3ccc(C)cc3)c2C#N)C1. The molecular weight excluding hydrogens is 462 g/mol. The van der Waals surface area contributed by atoms with Crippen LogP contribution in [0.1, 0.15) is 61.0 Å². The maximum absolute atomic E-state index is 12.8. The first kappa shape index (κ1) is 24.5. The van der Waals surface area contributed by atoms with E-state index in [9.17, 15) is 10.1 Å². The number of hydrogen-bond donors (Lipinski definition) is 1. The molecular formula is C26H31N5OS2. The van der Waals surface area contributed by atoms with Gasteiger partial charge in [0.1, 0.15) is 16.9 Å². The number of nitrogens with zero attached hydrogens (tertiary/aromatic N) is 4. The van der Waals surface area contributed by atoms with Gasteiger partial charge in [-0.25, -0.2) is 0 Å². The Hall–Kier alpha value is -2.63. The van der Waals surface area contributed by atoms with Crippen LogP contribution >= 0.6 is 23.1 Å². The van der Waals surface area contributed by atoms with Crippen LogP contribution < -0.4 is 5.32 Å². The molecule has 0 aliphatic heterocycles. The van der Waals surface area contributed by atoms with Gasteiger partial charge in [-0.05, 0) is 62.1 Å². The number of amides is 1. The fraction of sp³-hybridized carbons (Fsp3) is 0.462. The number of fused-ring (bicyclic) bond motifs is 1. The summed E-state index contributed by atoms with van der Waals surface area (Å²) >= 11 is 2.92. The molecule has 8 heteroatoms. The molecule has 3 aromatic rings. The molecule has 1 atom stereocenters. The molecule has 2 heterocycles. The molecule has 0 radical (unpaired) electrons. The Morgan fingerprint density at radius 1 is 1.29 bits per heavy atom. The first-order chi connectivity index (χ1) is 16.2. The second-order valence-electron chi connectivity index (χ2n) is 9.64. The van der Waals surface area contributed by atoms with Crippen LogP contribution in [0.15, 0.2) is 29.4 Å². The van der Waals surface area contributed by atoms with Gasteiger partial charge < -0.3 is 5.32 Å². The number of anilines is 1. The molecule has 1 aromatic carbocycles. The second kappa shape index (κ2) is 9.93. The topological polar surface area (TPSA) is 83.6 Å². The molecule has 0 saturated carbocycles. The zero-order chi connectivity index (χ0) is 24.5. The van der Waals surface area contributed by atoms with Crippen molar-refractivity contribution in [2.75, 3.05) is 11.1 Å². The fourth-order valence-corrected chi connectivity index (χ4v) is 6.56. The smallest absolute Gasteiger partial charge is 0.235 e. The molecule has 0 spiro atoms. The molecule has 1 N–H and O–H groups in total. The van der Waals surface area contributed by atoms with E-state index in [0.717, 1.165) is 42.8 Å². The lowest BCUT2D eigenvalue weighted by Crippen LogP contribution is -2.28. The van der Waals surface area contributed by atoms with Crippen molar-refractivity contribution >= 4 is 34.0 Å². The largest absolute Gasteiger partial charge is 0.316 e. The third-order valence-electron chi connectivity index (χ3n) is 7.07. The minimum atomic E-state index is -0.137. The van der Waals surface area contributed by atoms with E-state index in [1.807, 2.05) is 42.7 Å². The Labute approximate surface area is 209 Å². The van der Waals surface area contributed by atoms with E-state index in [-0.39, 0.29) is 17.1 Å². The van der Waals surface area contributed by atoms with Gasteiger partial charge in [-0.1, -0.05) is 56.7 Å². The van der Waals surface area contributed by atoms with Crippen LogP contribution in [-0.4, -0.2) is 26.4 Å². The molecule has 2 aromatic heterocycles. The van der Waals surface area contributed by atoms with Crippen LogP contribution in [0.2, 0.25) is 0 Å². The van der Waals surface area contributed by atoms with E-state index in [2.05, 4.69) is 42.4 Å². The predicted molar refractivity (Wildman–Crippen MR) is 139 cm³/mol. The Bertz CT molecular complexity index is 1230. The lowest BCUT2D eigenvalue weighted by Gasteiger charge is -2.36. The van der Waals surface area contributed by atoms with Crippen molar-refractivity contribution in [3.05, 3.63) is 51.7 Å². The third-order valence-corrected chi connectivity index (χ3v) is 9.16. The molecule has 178 valence electrons. The number of nitrogens with one attached hydrogen (secondary N) is 1. The van der Waals surface area contributed by atoms with E-state index in [0.29, 0.717) is 21.6 Å². The van der Waals surface area contributed by atoms with Crippen LogP contribution in [0.25, 0.3) is 5.69 Å². The molecule has 1 amide bonds. The Kier molecular flexibility index (Phi) is 7.15. The summed E-state index contributed by atoms with van der Waals surface area (Å²) in [5, 5.41) is 22.7. The van der Waals surface area contributed by atoms with Crippen LogP contribution in [0.3, 0.4) is 0 Å². The first-order valence-electron chi connectivity index (χ1n) is 11.7. The number of carbonyl (C=O) groups is 1. The van der Waals surface area contributed by atoms with Crippen molar-refractivity contribution in [1.82, 2.24) is 14.8 Å². The highest BCUT2D eigenvalue weighted by atomic mass is 32.2. The number of aryl methyl sites for hydroxylation is 2.